The third-order valence-corrected chi connectivity index (χ3v) is 2.93. The van der Waals surface area contributed by atoms with Gasteiger partial charge in [0.1, 0.15) is 5.82 Å². The average Bonchev–Trinajstić information content (AvgIpc) is 2.35. The number of hydrogen-bond donors (Lipinski definition) is 2. The van der Waals surface area contributed by atoms with E-state index < -0.39 is 0 Å². The molecule has 0 radical (unpaired) electrons. The molecule has 6 heteroatoms. The van der Waals surface area contributed by atoms with Gasteiger partial charge in [0.05, 0.1) is 13.2 Å². The molecule has 0 bridgehead atoms. The molecule has 0 aliphatic carbocycles. The van der Waals surface area contributed by atoms with E-state index in [1.54, 1.807) is 0 Å². The van der Waals surface area contributed by atoms with Crippen LogP contribution >= 0.6 is 0 Å². The normalized spacial score (nSPS) is 16.7. The molecule has 100 valence electrons. The van der Waals surface area contributed by atoms with Crippen molar-refractivity contribution in [1.29, 1.82) is 0 Å². The predicted molar refractivity (Wildman–Crippen MR) is 71.5 cm³/mol. The van der Waals surface area contributed by atoms with Gasteiger partial charge in [-0.2, -0.15) is 4.98 Å². The van der Waals surface area contributed by atoms with E-state index in [0.29, 0.717) is 5.95 Å². The lowest BCUT2D eigenvalue weighted by Crippen LogP contribution is -2.37. The summed E-state index contributed by atoms with van der Waals surface area (Å²) in [6.07, 6.45) is 1.09. The maximum absolute atomic E-state index is 5.60. The largest absolute Gasteiger partial charge is 0.379 e. The minimum atomic E-state index is 0.325. The maximum Gasteiger partial charge on any atom is 0.222 e. The average molecular weight is 251 g/mol. The zero-order chi connectivity index (χ0) is 12.8. The van der Waals surface area contributed by atoms with Crippen LogP contribution in [0, 0.1) is 6.92 Å². The summed E-state index contributed by atoms with van der Waals surface area (Å²) < 4.78 is 5.31. The van der Waals surface area contributed by atoms with Crippen molar-refractivity contribution in [3.05, 3.63) is 11.8 Å². The Balaban J connectivity index is 1.68. The Kier molecular flexibility index (Phi) is 4.72. The van der Waals surface area contributed by atoms with Crippen molar-refractivity contribution >= 4 is 11.8 Å². The second-order valence-corrected chi connectivity index (χ2v) is 4.49. The number of morpholine rings is 1. The Labute approximate surface area is 108 Å². The first-order valence-electron chi connectivity index (χ1n) is 6.39. The molecule has 0 unspecified atom stereocenters. The first-order chi connectivity index (χ1) is 8.74. The van der Waals surface area contributed by atoms with Crippen LogP contribution in [0.15, 0.2) is 6.07 Å². The summed E-state index contributed by atoms with van der Waals surface area (Å²) in [7, 11) is 0. The van der Waals surface area contributed by atoms with Gasteiger partial charge in [-0.3, -0.25) is 4.90 Å². The molecule has 6 nitrogen and oxygen atoms in total. The van der Waals surface area contributed by atoms with E-state index in [0.717, 1.165) is 57.3 Å². The molecule has 1 saturated heterocycles. The maximum atomic E-state index is 5.60. The highest BCUT2D eigenvalue weighted by Crippen LogP contribution is 2.07. The fourth-order valence-corrected chi connectivity index (χ4v) is 2.03. The van der Waals surface area contributed by atoms with E-state index >= 15 is 0 Å². The number of rotatable bonds is 5. The van der Waals surface area contributed by atoms with E-state index in [9.17, 15) is 0 Å². The molecule has 18 heavy (non-hydrogen) atoms. The fourth-order valence-electron chi connectivity index (χ4n) is 2.03. The number of hydrogen-bond acceptors (Lipinski definition) is 6. The van der Waals surface area contributed by atoms with Crippen LogP contribution in [0.4, 0.5) is 11.8 Å². The van der Waals surface area contributed by atoms with Crippen molar-refractivity contribution in [3.63, 3.8) is 0 Å². The molecule has 0 atom stereocenters. The molecule has 3 N–H and O–H groups in total. The first kappa shape index (κ1) is 13.0. The molecule has 1 aliphatic heterocycles. The van der Waals surface area contributed by atoms with Crippen LogP contribution in [0.25, 0.3) is 0 Å². The molecular formula is C12H21N5O. The van der Waals surface area contributed by atoms with Gasteiger partial charge in [-0.25, -0.2) is 4.98 Å². The molecule has 2 heterocycles. The lowest BCUT2D eigenvalue weighted by molar-refractivity contribution is 0.0378. The summed E-state index contributed by atoms with van der Waals surface area (Å²) in [5, 5.41) is 3.28. The Morgan fingerprint density at radius 3 is 2.89 bits per heavy atom. The van der Waals surface area contributed by atoms with Crippen LogP contribution < -0.4 is 11.1 Å². The third kappa shape index (κ3) is 4.12. The highest BCUT2D eigenvalue weighted by atomic mass is 16.5. The molecule has 0 amide bonds. The smallest absolute Gasteiger partial charge is 0.222 e. The fraction of sp³-hybridized carbons (Fsp3) is 0.667. The second-order valence-electron chi connectivity index (χ2n) is 4.49. The standard InChI is InChI=1S/C12H21N5O/c1-10-9-11(16-12(13)15-10)14-3-2-4-17-5-7-18-8-6-17/h9H,2-8H2,1H3,(H3,13,14,15,16). The number of nitrogens with two attached hydrogens (primary N) is 1. The van der Waals surface area contributed by atoms with Crippen LogP contribution in [-0.4, -0.2) is 54.3 Å². The number of aromatic nitrogens is 2. The van der Waals surface area contributed by atoms with Gasteiger partial charge >= 0.3 is 0 Å². The lowest BCUT2D eigenvalue weighted by atomic mass is 10.3. The number of nitrogens with one attached hydrogen (secondary N) is 1. The first-order valence-corrected chi connectivity index (χ1v) is 6.39. The summed E-state index contributed by atoms with van der Waals surface area (Å²) >= 11 is 0. The van der Waals surface area contributed by atoms with Crippen molar-refractivity contribution in [3.8, 4) is 0 Å². The topological polar surface area (TPSA) is 76.3 Å². The Morgan fingerprint density at radius 1 is 1.39 bits per heavy atom. The molecule has 2 rings (SSSR count). The van der Waals surface area contributed by atoms with E-state index in [-0.39, 0.29) is 0 Å². The monoisotopic (exact) mass is 251 g/mol. The quantitative estimate of drug-likeness (QED) is 0.742. The van der Waals surface area contributed by atoms with E-state index in [4.69, 9.17) is 10.5 Å². The molecule has 1 aliphatic rings. The summed E-state index contributed by atoms with van der Waals surface area (Å²) in [5.41, 5.74) is 6.48. The van der Waals surface area contributed by atoms with Gasteiger partial charge in [0.2, 0.25) is 5.95 Å². The molecule has 1 aromatic heterocycles. The second kappa shape index (κ2) is 6.51. The SMILES string of the molecule is Cc1cc(NCCCN2CCOCC2)nc(N)n1. The Bertz CT molecular complexity index is 358. The van der Waals surface area contributed by atoms with Gasteiger partial charge in [0, 0.05) is 31.4 Å². The van der Waals surface area contributed by atoms with E-state index in [1.807, 2.05) is 13.0 Å². The molecule has 1 fully saturated rings. The van der Waals surface area contributed by atoms with Crippen molar-refractivity contribution < 1.29 is 4.74 Å². The Hall–Kier alpha value is -1.40. The number of ether oxygens (including phenoxy) is 1. The van der Waals surface area contributed by atoms with Crippen LogP contribution in [-0.2, 0) is 4.74 Å². The van der Waals surface area contributed by atoms with Crippen LogP contribution in [0.2, 0.25) is 0 Å². The molecule has 1 aromatic rings. The predicted octanol–water partition coefficient (Wildman–Crippen LogP) is 0.501. The zero-order valence-electron chi connectivity index (χ0n) is 10.9. The number of anilines is 2. The summed E-state index contributed by atoms with van der Waals surface area (Å²) in [5.74, 6) is 1.13. The van der Waals surface area contributed by atoms with Gasteiger partial charge in [-0.1, -0.05) is 0 Å². The Morgan fingerprint density at radius 2 is 2.17 bits per heavy atom. The molecule has 0 aromatic carbocycles. The highest BCUT2D eigenvalue weighted by Gasteiger charge is 2.09. The molecule has 0 saturated carbocycles. The summed E-state index contributed by atoms with van der Waals surface area (Å²) in [6, 6.07) is 1.91. The van der Waals surface area contributed by atoms with Crippen LogP contribution in [0.1, 0.15) is 12.1 Å². The van der Waals surface area contributed by atoms with Gasteiger partial charge in [0.15, 0.2) is 0 Å². The van der Waals surface area contributed by atoms with E-state index in [1.165, 1.54) is 0 Å². The van der Waals surface area contributed by atoms with Gasteiger partial charge in [-0.05, 0) is 19.9 Å². The number of nitrogens with zero attached hydrogens (tertiary/aromatic N) is 3. The number of nitrogen functional groups attached to an aromatic ring is 1. The van der Waals surface area contributed by atoms with Crippen molar-refractivity contribution in [2.75, 3.05) is 50.4 Å². The summed E-state index contributed by atoms with van der Waals surface area (Å²) in [4.78, 5) is 10.6. The minimum Gasteiger partial charge on any atom is -0.379 e. The van der Waals surface area contributed by atoms with Crippen LogP contribution in [0.3, 0.4) is 0 Å². The third-order valence-electron chi connectivity index (χ3n) is 2.93. The van der Waals surface area contributed by atoms with E-state index in [2.05, 4.69) is 20.2 Å². The minimum absolute atomic E-state index is 0.325. The molecule has 0 spiro atoms. The zero-order valence-corrected chi connectivity index (χ0v) is 10.9. The van der Waals surface area contributed by atoms with Crippen molar-refractivity contribution in [2.45, 2.75) is 13.3 Å². The van der Waals surface area contributed by atoms with Gasteiger partial charge < -0.3 is 15.8 Å². The van der Waals surface area contributed by atoms with Crippen LogP contribution in [0.5, 0.6) is 0 Å². The lowest BCUT2D eigenvalue weighted by Gasteiger charge is -2.26. The number of aryl methyl sites for hydroxylation is 1. The van der Waals surface area contributed by atoms with Gasteiger partial charge in [0.25, 0.3) is 0 Å². The summed E-state index contributed by atoms with van der Waals surface area (Å²) in [6.45, 7) is 7.70. The van der Waals surface area contributed by atoms with Gasteiger partial charge in [-0.15, -0.1) is 0 Å². The highest BCUT2D eigenvalue weighted by molar-refractivity contribution is 5.39. The van der Waals surface area contributed by atoms with Crippen molar-refractivity contribution in [2.24, 2.45) is 0 Å². The molecular weight excluding hydrogens is 230 g/mol. The van der Waals surface area contributed by atoms with Crippen molar-refractivity contribution in [1.82, 2.24) is 14.9 Å².